The zero-order valence-corrected chi connectivity index (χ0v) is 11.1. The van der Waals surface area contributed by atoms with Crippen LogP contribution in [0.3, 0.4) is 0 Å². The number of hydrogen-bond donors (Lipinski definition) is 2. The maximum Gasteiger partial charge on any atom is 0.243 e. The maximum absolute atomic E-state index is 13.5. The molecule has 1 heterocycles. The summed E-state index contributed by atoms with van der Waals surface area (Å²) >= 11 is 0. The van der Waals surface area contributed by atoms with Crippen LogP contribution >= 0.6 is 0 Å². The van der Waals surface area contributed by atoms with E-state index in [4.69, 9.17) is 0 Å². The van der Waals surface area contributed by atoms with Gasteiger partial charge in [-0.05, 0) is 50.6 Å². The Morgan fingerprint density at radius 3 is 2.79 bits per heavy atom. The summed E-state index contributed by atoms with van der Waals surface area (Å²) in [5.41, 5.74) is 0. The molecule has 0 bridgehead atoms. The molecule has 1 atom stereocenters. The molecular formula is C12H16F2N2O2S. The molecule has 19 heavy (non-hydrogen) atoms. The Morgan fingerprint density at radius 1 is 1.21 bits per heavy atom. The first kappa shape index (κ1) is 14.4. The molecule has 0 aromatic heterocycles. The van der Waals surface area contributed by atoms with Crippen LogP contribution in [0.5, 0.6) is 0 Å². The summed E-state index contributed by atoms with van der Waals surface area (Å²) in [5.74, 6) is -1.72. The average Bonchev–Trinajstić information content (AvgIpc) is 2.60. The molecule has 0 radical (unpaired) electrons. The van der Waals surface area contributed by atoms with E-state index in [1.807, 2.05) is 0 Å². The van der Waals surface area contributed by atoms with Gasteiger partial charge < -0.3 is 5.32 Å². The van der Waals surface area contributed by atoms with Crippen LogP contribution in [0.2, 0.25) is 0 Å². The van der Waals surface area contributed by atoms with E-state index in [1.54, 1.807) is 0 Å². The fraction of sp³-hybridized carbons (Fsp3) is 0.500. The minimum Gasteiger partial charge on any atom is -0.317 e. The molecule has 1 saturated heterocycles. The zero-order valence-electron chi connectivity index (χ0n) is 10.3. The first-order valence-electron chi connectivity index (χ1n) is 6.17. The second-order valence-corrected chi connectivity index (χ2v) is 6.26. The molecule has 4 nitrogen and oxygen atoms in total. The summed E-state index contributed by atoms with van der Waals surface area (Å²) in [5, 5.41) is 3.15. The van der Waals surface area contributed by atoms with Crippen molar-refractivity contribution in [3.8, 4) is 0 Å². The highest BCUT2D eigenvalue weighted by Crippen LogP contribution is 2.17. The van der Waals surface area contributed by atoms with E-state index >= 15 is 0 Å². The maximum atomic E-state index is 13.5. The molecule has 1 aliphatic rings. The van der Waals surface area contributed by atoms with Gasteiger partial charge in [0.1, 0.15) is 16.5 Å². The fourth-order valence-electron chi connectivity index (χ4n) is 2.10. The van der Waals surface area contributed by atoms with E-state index in [0.717, 1.165) is 25.1 Å². The Balaban J connectivity index is 2.19. The third kappa shape index (κ3) is 3.71. The predicted octanol–water partition coefficient (Wildman–Crippen LogP) is 1.39. The summed E-state index contributed by atoms with van der Waals surface area (Å²) < 4.78 is 53.1. The van der Waals surface area contributed by atoms with E-state index in [2.05, 4.69) is 10.0 Å². The van der Waals surface area contributed by atoms with Gasteiger partial charge in [0, 0.05) is 6.04 Å². The highest BCUT2D eigenvalue weighted by Gasteiger charge is 2.24. The van der Waals surface area contributed by atoms with E-state index in [1.165, 1.54) is 0 Å². The summed E-state index contributed by atoms with van der Waals surface area (Å²) in [7, 11) is -4.02. The fourth-order valence-corrected chi connectivity index (χ4v) is 3.50. The summed E-state index contributed by atoms with van der Waals surface area (Å²) in [4.78, 5) is -0.635. The van der Waals surface area contributed by atoms with Crippen LogP contribution < -0.4 is 10.0 Å². The highest BCUT2D eigenvalue weighted by atomic mass is 32.2. The van der Waals surface area contributed by atoms with Crippen LogP contribution in [0.1, 0.15) is 19.3 Å². The molecule has 106 valence electrons. The molecule has 1 aliphatic heterocycles. The average molecular weight is 290 g/mol. The van der Waals surface area contributed by atoms with Gasteiger partial charge >= 0.3 is 0 Å². The standard InChI is InChI=1S/C12H16F2N2O2S/c13-9-3-4-11(14)12(8-9)19(17,18)16-10-2-1-6-15-7-5-10/h3-4,8,10,15-16H,1-2,5-7H2. The third-order valence-electron chi connectivity index (χ3n) is 3.08. The van der Waals surface area contributed by atoms with Crippen LogP contribution in [-0.4, -0.2) is 27.5 Å². The quantitative estimate of drug-likeness (QED) is 0.884. The van der Waals surface area contributed by atoms with Crippen molar-refractivity contribution in [2.45, 2.75) is 30.2 Å². The molecule has 7 heteroatoms. The number of benzene rings is 1. The molecule has 2 N–H and O–H groups in total. The van der Waals surface area contributed by atoms with Crippen molar-refractivity contribution < 1.29 is 17.2 Å². The third-order valence-corrected chi connectivity index (χ3v) is 4.62. The van der Waals surface area contributed by atoms with Gasteiger partial charge in [-0.1, -0.05) is 0 Å². The molecule has 0 saturated carbocycles. The molecular weight excluding hydrogens is 274 g/mol. The van der Waals surface area contributed by atoms with Gasteiger partial charge in [-0.2, -0.15) is 0 Å². The van der Waals surface area contributed by atoms with Gasteiger partial charge in [0.2, 0.25) is 10.0 Å². The first-order valence-corrected chi connectivity index (χ1v) is 7.65. The second kappa shape index (κ2) is 5.94. The summed E-state index contributed by atoms with van der Waals surface area (Å²) in [6.45, 7) is 1.55. The van der Waals surface area contributed by atoms with Crippen LogP contribution in [0, 0.1) is 11.6 Å². The molecule has 1 aromatic rings. The van der Waals surface area contributed by atoms with Crippen molar-refractivity contribution in [2.75, 3.05) is 13.1 Å². The molecule has 0 spiro atoms. The lowest BCUT2D eigenvalue weighted by molar-refractivity contribution is 0.507. The van der Waals surface area contributed by atoms with Crippen LogP contribution in [0.15, 0.2) is 23.1 Å². The number of rotatable bonds is 3. The second-order valence-electron chi connectivity index (χ2n) is 4.57. The van der Waals surface area contributed by atoms with Crippen molar-refractivity contribution in [2.24, 2.45) is 0 Å². The Labute approximate surface area is 111 Å². The topological polar surface area (TPSA) is 58.2 Å². The minimum atomic E-state index is -4.02. The van der Waals surface area contributed by atoms with Crippen molar-refractivity contribution in [3.05, 3.63) is 29.8 Å². The van der Waals surface area contributed by atoms with Crippen LogP contribution in [-0.2, 0) is 10.0 Å². The molecule has 2 rings (SSSR count). The van der Waals surface area contributed by atoms with E-state index in [-0.39, 0.29) is 6.04 Å². The van der Waals surface area contributed by atoms with E-state index in [0.29, 0.717) is 25.5 Å². The first-order chi connectivity index (χ1) is 8.99. The summed E-state index contributed by atoms with van der Waals surface area (Å²) in [6.07, 6.45) is 2.16. The van der Waals surface area contributed by atoms with Gasteiger partial charge in [0.15, 0.2) is 0 Å². The number of hydrogen-bond acceptors (Lipinski definition) is 3. The Bertz CT molecular complexity index is 541. The minimum absolute atomic E-state index is 0.248. The van der Waals surface area contributed by atoms with Crippen molar-refractivity contribution in [1.82, 2.24) is 10.0 Å². The van der Waals surface area contributed by atoms with E-state index in [9.17, 15) is 17.2 Å². The zero-order chi connectivity index (χ0) is 13.9. The lowest BCUT2D eigenvalue weighted by atomic mass is 10.1. The SMILES string of the molecule is O=S(=O)(NC1CCCNCC1)c1cc(F)ccc1F. The van der Waals surface area contributed by atoms with Gasteiger partial charge in [0.25, 0.3) is 0 Å². The lowest BCUT2D eigenvalue weighted by Gasteiger charge is -2.16. The van der Waals surface area contributed by atoms with Crippen molar-refractivity contribution in [1.29, 1.82) is 0 Å². The molecule has 0 amide bonds. The van der Waals surface area contributed by atoms with Gasteiger partial charge in [-0.25, -0.2) is 21.9 Å². The van der Waals surface area contributed by atoms with Crippen molar-refractivity contribution >= 4 is 10.0 Å². The summed E-state index contributed by atoms with van der Waals surface area (Å²) in [6, 6.07) is 2.16. The number of halogens is 2. The normalized spacial score (nSPS) is 21.1. The number of sulfonamides is 1. The highest BCUT2D eigenvalue weighted by molar-refractivity contribution is 7.89. The van der Waals surface area contributed by atoms with E-state index < -0.39 is 26.6 Å². The van der Waals surface area contributed by atoms with Crippen molar-refractivity contribution in [3.63, 3.8) is 0 Å². The number of nitrogens with one attached hydrogen (secondary N) is 2. The molecule has 1 fully saturated rings. The molecule has 0 aliphatic carbocycles. The predicted molar refractivity (Wildman–Crippen MR) is 67.2 cm³/mol. The largest absolute Gasteiger partial charge is 0.317 e. The smallest absolute Gasteiger partial charge is 0.243 e. The van der Waals surface area contributed by atoms with Gasteiger partial charge in [-0.15, -0.1) is 0 Å². The molecule has 1 aromatic carbocycles. The van der Waals surface area contributed by atoms with Gasteiger partial charge in [-0.3, -0.25) is 0 Å². The molecule has 1 unspecified atom stereocenters. The van der Waals surface area contributed by atoms with Gasteiger partial charge in [0.05, 0.1) is 0 Å². The Kier molecular flexibility index (Phi) is 4.49. The Morgan fingerprint density at radius 2 is 2.00 bits per heavy atom. The Hall–Kier alpha value is -1.05. The van der Waals surface area contributed by atoms with Crippen LogP contribution in [0.25, 0.3) is 0 Å². The van der Waals surface area contributed by atoms with Crippen LogP contribution in [0.4, 0.5) is 8.78 Å². The monoisotopic (exact) mass is 290 g/mol. The lowest BCUT2D eigenvalue weighted by Crippen LogP contribution is -2.35.